The van der Waals surface area contributed by atoms with Gasteiger partial charge in [-0.15, -0.1) is 0 Å². The fourth-order valence-corrected chi connectivity index (χ4v) is 3.16. The molecule has 0 saturated heterocycles. The standard InChI is InChI=1S/C23H24N2O2/c1-16-8-5-14-21(17(16)2)25-22-18(10-7-13-20(22)23(26)27)9-6-12-19-11-3-4-15-24-19/h3-5,7-8,10-11,13-15,25H,6,9,12H2,1-2H3,(H,26,27). The van der Waals surface area contributed by atoms with Crippen LogP contribution in [0, 0.1) is 13.8 Å². The lowest BCUT2D eigenvalue weighted by atomic mass is 10.00. The quantitative estimate of drug-likeness (QED) is 0.599. The second-order valence-corrected chi connectivity index (χ2v) is 6.69. The number of aromatic carboxylic acids is 1. The highest BCUT2D eigenvalue weighted by Gasteiger charge is 2.15. The predicted octanol–water partition coefficient (Wildman–Crippen LogP) is 5.32. The lowest BCUT2D eigenvalue weighted by Crippen LogP contribution is -2.07. The third kappa shape index (κ3) is 4.53. The van der Waals surface area contributed by atoms with Crippen molar-refractivity contribution in [2.75, 3.05) is 5.32 Å². The van der Waals surface area contributed by atoms with E-state index in [0.29, 0.717) is 11.3 Å². The lowest BCUT2D eigenvalue weighted by Gasteiger charge is -2.17. The molecule has 2 N–H and O–H groups in total. The van der Waals surface area contributed by atoms with Gasteiger partial charge in [0.25, 0.3) is 0 Å². The number of carboxylic acids is 1. The number of hydrogen-bond donors (Lipinski definition) is 2. The molecule has 4 nitrogen and oxygen atoms in total. The SMILES string of the molecule is Cc1cccc(Nc2c(CCCc3ccccn3)cccc2C(=O)O)c1C. The Morgan fingerprint density at radius 1 is 1.00 bits per heavy atom. The van der Waals surface area contributed by atoms with Crippen LogP contribution in [0.1, 0.15) is 39.2 Å². The van der Waals surface area contributed by atoms with E-state index >= 15 is 0 Å². The molecule has 27 heavy (non-hydrogen) atoms. The van der Waals surface area contributed by atoms with Crippen LogP contribution in [-0.4, -0.2) is 16.1 Å². The van der Waals surface area contributed by atoms with Gasteiger partial charge in [-0.2, -0.15) is 0 Å². The van der Waals surface area contributed by atoms with Gasteiger partial charge < -0.3 is 10.4 Å². The monoisotopic (exact) mass is 360 g/mol. The molecule has 0 saturated carbocycles. The molecule has 0 atom stereocenters. The summed E-state index contributed by atoms with van der Waals surface area (Å²) in [5, 5.41) is 13.0. The average Bonchev–Trinajstić information content (AvgIpc) is 2.67. The Kier molecular flexibility index (Phi) is 5.87. The minimum Gasteiger partial charge on any atom is -0.478 e. The maximum absolute atomic E-state index is 11.8. The minimum atomic E-state index is -0.922. The van der Waals surface area contributed by atoms with Crippen LogP contribution < -0.4 is 5.32 Å². The number of rotatable bonds is 7. The van der Waals surface area contributed by atoms with Crippen molar-refractivity contribution < 1.29 is 9.90 Å². The predicted molar refractivity (Wildman–Crippen MR) is 109 cm³/mol. The molecular weight excluding hydrogens is 336 g/mol. The first-order chi connectivity index (χ1) is 13.1. The van der Waals surface area contributed by atoms with Crippen LogP contribution in [0.25, 0.3) is 0 Å². The van der Waals surface area contributed by atoms with E-state index in [-0.39, 0.29) is 0 Å². The van der Waals surface area contributed by atoms with Crippen LogP contribution in [0.15, 0.2) is 60.8 Å². The molecule has 2 aromatic carbocycles. The number of carbonyl (C=O) groups is 1. The molecule has 1 heterocycles. The van der Waals surface area contributed by atoms with E-state index in [1.165, 1.54) is 5.56 Å². The van der Waals surface area contributed by atoms with Crippen molar-refractivity contribution in [3.05, 3.63) is 88.7 Å². The van der Waals surface area contributed by atoms with Crippen molar-refractivity contribution in [2.24, 2.45) is 0 Å². The molecule has 0 spiro atoms. The van der Waals surface area contributed by atoms with E-state index < -0.39 is 5.97 Å². The van der Waals surface area contributed by atoms with Crippen LogP contribution in [-0.2, 0) is 12.8 Å². The van der Waals surface area contributed by atoms with Crippen molar-refractivity contribution in [3.63, 3.8) is 0 Å². The molecule has 4 heteroatoms. The Balaban J connectivity index is 1.86. The molecule has 1 aromatic heterocycles. The zero-order chi connectivity index (χ0) is 19.2. The van der Waals surface area contributed by atoms with Crippen LogP contribution in [0.4, 0.5) is 11.4 Å². The zero-order valence-corrected chi connectivity index (χ0v) is 15.7. The van der Waals surface area contributed by atoms with Gasteiger partial charge in [0.2, 0.25) is 0 Å². The van der Waals surface area contributed by atoms with Gasteiger partial charge in [-0.05, 0) is 74.1 Å². The maximum Gasteiger partial charge on any atom is 0.337 e. The maximum atomic E-state index is 11.8. The van der Waals surface area contributed by atoms with E-state index in [2.05, 4.69) is 23.3 Å². The Labute approximate surface area is 159 Å². The largest absolute Gasteiger partial charge is 0.478 e. The molecule has 0 aliphatic heterocycles. The smallest absolute Gasteiger partial charge is 0.337 e. The van der Waals surface area contributed by atoms with Crippen LogP contribution in [0.2, 0.25) is 0 Å². The summed E-state index contributed by atoms with van der Waals surface area (Å²) in [5.41, 5.74) is 6.27. The molecule has 3 aromatic rings. The fourth-order valence-electron chi connectivity index (χ4n) is 3.16. The van der Waals surface area contributed by atoms with Crippen molar-refractivity contribution in [3.8, 4) is 0 Å². The molecular formula is C23H24N2O2. The first-order valence-electron chi connectivity index (χ1n) is 9.14. The molecule has 0 unspecified atom stereocenters. The molecule has 0 amide bonds. The topological polar surface area (TPSA) is 62.2 Å². The van der Waals surface area contributed by atoms with Gasteiger partial charge in [0.1, 0.15) is 0 Å². The minimum absolute atomic E-state index is 0.297. The molecule has 3 rings (SSSR count). The second kappa shape index (κ2) is 8.49. The number of nitrogens with one attached hydrogen (secondary N) is 1. The van der Waals surface area contributed by atoms with Crippen molar-refractivity contribution >= 4 is 17.3 Å². The summed E-state index contributed by atoms with van der Waals surface area (Å²) in [6.45, 7) is 4.10. The number of nitrogens with zero attached hydrogens (tertiary/aromatic N) is 1. The fraction of sp³-hybridized carbons (Fsp3) is 0.217. The highest BCUT2D eigenvalue weighted by Crippen LogP contribution is 2.29. The van der Waals surface area contributed by atoms with Crippen LogP contribution >= 0.6 is 0 Å². The summed E-state index contributed by atoms with van der Waals surface area (Å²) in [6, 6.07) is 17.4. The van der Waals surface area contributed by atoms with Crippen molar-refractivity contribution in [1.29, 1.82) is 0 Å². The van der Waals surface area contributed by atoms with Gasteiger partial charge >= 0.3 is 5.97 Å². The number of pyridine rings is 1. The average molecular weight is 360 g/mol. The van der Waals surface area contributed by atoms with Gasteiger partial charge in [-0.1, -0.05) is 30.3 Å². The summed E-state index contributed by atoms with van der Waals surface area (Å²) in [4.78, 5) is 16.1. The summed E-state index contributed by atoms with van der Waals surface area (Å²) in [6.07, 6.45) is 4.35. The number of aryl methyl sites for hydroxylation is 3. The number of benzene rings is 2. The number of para-hydroxylation sites is 1. The Morgan fingerprint density at radius 3 is 2.56 bits per heavy atom. The van der Waals surface area contributed by atoms with Gasteiger partial charge in [0, 0.05) is 17.6 Å². The number of carboxylic acid groups (broad SMARTS) is 1. The highest BCUT2D eigenvalue weighted by atomic mass is 16.4. The van der Waals surface area contributed by atoms with Gasteiger partial charge in [0.05, 0.1) is 11.3 Å². The van der Waals surface area contributed by atoms with Gasteiger partial charge in [-0.25, -0.2) is 4.79 Å². The number of anilines is 2. The molecule has 0 fully saturated rings. The van der Waals surface area contributed by atoms with Gasteiger partial charge in [-0.3, -0.25) is 4.98 Å². The highest BCUT2D eigenvalue weighted by molar-refractivity contribution is 5.96. The molecule has 0 aliphatic carbocycles. The Morgan fingerprint density at radius 2 is 1.81 bits per heavy atom. The third-order valence-electron chi connectivity index (χ3n) is 4.85. The van der Waals surface area contributed by atoms with E-state index in [4.69, 9.17) is 0 Å². The van der Waals surface area contributed by atoms with E-state index in [9.17, 15) is 9.90 Å². The summed E-state index contributed by atoms with van der Waals surface area (Å²) in [5.74, 6) is -0.922. The lowest BCUT2D eigenvalue weighted by molar-refractivity contribution is 0.0698. The van der Waals surface area contributed by atoms with E-state index in [1.807, 2.05) is 49.4 Å². The number of aromatic nitrogens is 1. The van der Waals surface area contributed by atoms with Crippen molar-refractivity contribution in [2.45, 2.75) is 33.1 Å². The third-order valence-corrected chi connectivity index (χ3v) is 4.85. The first kappa shape index (κ1) is 18.6. The zero-order valence-electron chi connectivity index (χ0n) is 15.7. The normalized spacial score (nSPS) is 10.6. The molecule has 0 radical (unpaired) electrons. The first-order valence-corrected chi connectivity index (χ1v) is 9.14. The van der Waals surface area contributed by atoms with Crippen LogP contribution in [0.3, 0.4) is 0 Å². The summed E-state index contributed by atoms with van der Waals surface area (Å²) in [7, 11) is 0. The van der Waals surface area contributed by atoms with Crippen molar-refractivity contribution in [1.82, 2.24) is 4.98 Å². The van der Waals surface area contributed by atoms with Crippen LogP contribution in [0.5, 0.6) is 0 Å². The molecule has 138 valence electrons. The molecule has 0 aliphatic rings. The Bertz CT molecular complexity index is 936. The Hall–Kier alpha value is -3.14. The van der Waals surface area contributed by atoms with Gasteiger partial charge in [0.15, 0.2) is 0 Å². The van der Waals surface area contributed by atoms with E-state index in [0.717, 1.165) is 41.8 Å². The molecule has 0 bridgehead atoms. The number of hydrogen-bond acceptors (Lipinski definition) is 3. The second-order valence-electron chi connectivity index (χ2n) is 6.69. The van der Waals surface area contributed by atoms with E-state index in [1.54, 1.807) is 12.3 Å². The summed E-state index contributed by atoms with van der Waals surface area (Å²) >= 11 is 0. The summed E-state index contributed by atoms with van der Waals surface area (Å²) < 4.78 is 0.